The number of hydrogen-bond donors (Lipinski definition) is 0. The van der Waals surface area contributed by atoms with Crippen LogP contribution in [0.3, 0.4) is 0 Å². The predicted octanol–water partition coefficient (Wildman–Crippen LogP) is 6.15. The molecule has 0 amide bonds. The molecular formula is C19H24F4. The molecule has 0 saturated heterocycles. The first-order valence-electron chi connectivity index (χ1n) is 8.74. The van der Waals surface area contributed by atoms with Gasteiger partial charge in [-0.1, -0.05) is 19.8 Å². The van der Waals surface area contributed by atoms with Crippen molar-refractivity contribution in [2.75, 3.05) is 0 Å². The van der Waals surface area contributed by atoms with E-state index in [0.29, 0.717) is 24.7 Å². The quantitative estimate of drug-likeness (QED) is 0.451. The zero-order chi connectivity index (χ0) is 16.6. The SMILES string of the molecule is CC1CCC(C2CCC(c3cc(F)c(F)c(F)c3)C(F)C2)CC1. The summed E-state index contributed by atoms with van der Waals surface area (Å²) in [6.45, 7) is 2.27. The zero-order valence-corrected chi connectivity index (χ0v) is 13.5. The van der Waals surface area contributed by atoms with E-state index in [1.165, 1.54) is 25.7 Å². The minimum absolute atomic E-state index is 0.254. The number of halogens is 4. The summed E-state index contributed by atoms with van der Waals surface area (Å²) < 4.78 is 54.5. The molecule has 128 valence electrons. The monoisotopic (exact) mass is 328 g/mol. The summed E-state index contributed by atoms with van der Waals surface area (Å²) in [5.41, 5.74) is 0.254. The van der Waals surface area contributed by atoms with Gasteiger partial charge < -0.3 is 0 Å². The van der Waals surface area contributed by atoms with Gasteiger partial charge in [0.2, 0.25) is 0 Å². The highest BCUT2D eigenvalue weighted by Gasteiger charge is 2.36. The van der Waals surface area contributed by atoms with Gasteiger partial charge >= 0.3 is 0 Å². The van der Waals surface area contributed by atoms with Gasteiger partial charge in [-0.05, 0) is 67.6 Å². The third-order valence-corrected chi connectivity index (χ3v) is 5.97. The molecule has 1 aromatic rings. The van der Waals surface area contributed by atoms with Crippen molar-refractivity contribution in [3.63, 3.8) is 0 Å². The molecule has 2 aliphatic carbocycles. The Labute approximate surface area is 135 Å². The van der Waals surface area contributed by atoms with Gasteiger partial charge in [-0.15, -0.1) is 0 Å². The maximum Gasteiger partial charge on any atom is 0.194 e. The number of hydrogen-bond acceptors (Lipinski definition) is 0. The van der Waals surface area contributed by atoms with Crippen LogP contribution in [0, 0.1) is 35.2 Å². The Hall–Kier alpha value is -1.06. The third kappa shape index (κ3) is 3.56. The van der Waals surface area contributed by atoms with Crippen LogP contribution in [0.2, 0.25) is 0 Å². The largest absolute Gasteiger partial charge is 0.247 e. The van der Waals surface area contributed by atoms with Gasteiger partial charge in [-0.25, -0.2) is 17.6 Å². The Morgan fingerprint density at radius 3 is 1.96 bits per heavy atom. The van der Waals surface area contributed by atoms with Crippen LogP contribution in [0.1, 0.15) is 63.4 Å². The van der Waals surface area contributed by atoms with Crippen LogP contribution in [-0.2, 0) is 0 Å². The second kappa shape index (κ2) is 6.82. The Morgan fingerprint density at radius 1 is 0.826 bits per heavy atom. The van der Waals surface area contributed by atoms with E-state index in [2.05, 4.69) is 6.92 Å². The highest BCUT2D eigenvalue weighted by atomic mass is 19.2. The van der Waals surface area contributed by atoms with Crippen LogP contribution in [0.5, 0.6) is 0 Å². The molecule has 0 aliphatic heterocycles. The predicted molar refractivity (Wildman–Crippen MR) is 82.4 cm³/mol. The Balaban J connectivity index is 1.67. The molecule has 0 radical (unpaired) electrons. The van der Waals surface area contributed by atoms with Gasteiger partial charge in [-0.3, -0.25) is 0 Å². The second-order valence-electron chi connectivity index (χ2n) is 7.51. The molecule has 0 spiro atoms. The maximum atomic E-state index is 14.6. The molecule has 4 heteroatoms. The van der Waals surface area contributed by atoms with Crippen molar-refractivity contribution in [1.29, 1.82) is 0 Å². The van der Waals surface area contributed by atoms with Gasteiger partial charge in [0.1, 0.15) is 6.17 Å². The lowest BCUT2D eigenvalue weighted by Gasteiger charge is -2.39. The zero-order valence-electron chi connectivity index (χ0n) is 13.5. The van der Waals surface area contributed by atoms with Crippen molar-refractivity contribution in [1.82, 2.24) is 0 Å². The summed E-state index contributed by atoms with van der Waals surface area (Å²) in [6, 6.07) is 1.91. The minimum Gasteiger partial charge on any atom is -0.247 e. The fourth-order valence-electron chi connectivity index (χ4n) is 4.50. The van der Waals surface area contributed by atoms with Gasteiger partial charge in [0, 0.05) is 5.92 Å². The average Bonchev–Trinajstić information content (AvgIpc) is 2.53. The van der Waals surface area contributed by atoms with E-state index in [9.17, 15) is 17.6 Å². The Kier molecular flexibility index (Phi) is 4.98. The van der Waals surface area contributed by atoms with Crippen molar-refractivity contribution < 1.29 is 17.6 Å². The minimum atomic E-state index is -1.48. The van der Waals surface area contributed by atoms with Crippen molar-refractivity contribution in [3.05, 3.63) is 35.1 Å². The third-order valence-electron chi connectivity index (χ3n) is 5.97. The topological polar surface area (TPSA) is 0 Å². The van der Waals surface area contributed by atoms with Crippen molar-refractivity contribution in [2.45, 2.75) is 64.0 Å². The number of rotatable bonds is 2. The summed E-state index contributed by atoms with van der Waals surface area (Å²) >= 11 is 0. The van der Waals surface area contributed by atoms with E-state index in [1.54, 1.807) is 0 Å². The first-order chi connectivity index (χ1) is 11.0. The molecule has 1 aromatic carbocycles. The van der Waals surface area contributed by atoms with Crippen LogP contribution in [-0.4, -0.2) is 6.17 Å². The molecule has 2 aliphatic rings. The molecule has 23 heavy (non-hydrogen) atoms. The fraction of sp³-hybridized carbons (Fsp3) is 0.684. The highest BCUT2D eigenvalue weighted by Crippen LogP contribution is 2.45. The molecule has 0 aromatic heterocycles. The van der Waals surface area contributed by atoms with E-state index in [4.69, 9.17) is 0 Å². The number of benzene rings is 1. The standard InChI is InChI=1S/C19H24F4/c1-11-2-4-12(5-3-11)13-6-7-15(16(20)8-13)14-9-17(21)19(23)18(22)10-14/h9-13,15-16H,2-8H2,1H3. The summed E-state index contributed by atoms with van der Waals surface area (Å²) in [5.74, 6) is -2.70. The van der Waals surface area contributed by atoms with Crippen LogP contribution in [0.15, 0.2) is 12.1 Å². The van der Waals surface area contributed by atoms with Crippen LogP contribution in [0.4, 0.5) is 17.6 Å². The highest BCUT2D eigenvalue weighted by molar-refractivity contribution is 5.25. The number of alkyl halides is 1. The normalized spacial score (nSPS) is 35.3. The Morgan fingerprint density at radius 2 is 1.39 bits per heavy atom. The van der Waals surface area contributed by atoms with E-state index in [-0.39, 0.29) is 5.56 Å². The van der Waals surface area contributed by atoms with Crippen molar-refractivity contribution in [3.8, 4) is 0 Å². The first kappa shape index (κ1) is 16.8. The lowest BCUT2D eigenvalue weighted by molar-refractivity contribution is 0.105. The van der Waals surface area contributed by atoms with E-state index in [1.807, 2.05) is 0 Å². The molecule has 2 saturated carbocycles. The van der Waals surface area contributed by atoms with Gasteiger partial charge in [-0.2, -0.15) is 0 Å². The van der Waals surface area contributed by atoms with Gasteiger partial charge in [0.15, 0.2) is 17.5 Å². The molecular weight excluding hydrogens is 304 g/mol. The second-order valence-corrected chi connectivity index (χ2v) is 7.51. The summed E-state index contributed by atoms with van der Waals surface area (Å²) in [5, 5.41) is 0. The molecule has 3 rings (SSSR count). The Bertz CT molecular complexity index is 525. The van der Waals surface area contributed by atoms with Gasteiger partial charge in [0.25, 0.3) is 0 Å². The average molecular weight is 328 g/mol. The van der Waals surface area contributed by atoms with E-state index >= 15 is 0 Å². The first-order valence-corrected chi connectivity index (χ1v) is 8.74. The summed E-state index contributed by atoms with van der Waals surface area (Å²) in [6.07, 6.45) is 5.62. The molecule has 3 unspecified atom stereocenters. The summed E-state index contributed by atoms with van der Waals surface area (Å²) in [7, 11) is 0. The van der Waals surface area contributed by atoms with Crippen molar-refractivity contribution in [2.24, 2.45) is 17.8 Å². The molecule has 0 N–H and O–H groups in total. The maximum absolute atomic E-state index is 14.6. The molecule has 2 fully saturated rings. The fourth-order valence-corrected chi connectivity index (χ4v) is 4.50. The van der Waals surface area contributed by atoms with E-state index < -0.39 is 29.5 Å². The molecule has 3 atom stereocenters. The van der Waals surface area contributed by atoms with Crippen LogP contribution >= 0.6 is 0 Å². The lowest BCUT2D eigenvalue weighted by atomic mass is 9.68. The molecule has 0 heterocycles. The van der Waals surface area contributed by atoms with Crippen LogP contribution in [0.25, 0.3) is 0 Å². The lowest BCUT2D eigenvalue weighted by Crippen LogP contribution is -2.31. The van der Waals surface area contributed by atoms with Crippen LogP contribution < -0.4 is 0 Å². The molecule has 0 bridgehead atoms. The van der Waals surface area contributed by atoms with Crippen molar-refractivity contribution >= 4 is 0 Å². The smallest absolute Gasteiger partial charge is 0.194 e. The summed E-state index contributed by atoms with van der Waals surface area (Å²) in [4.78, 5) is 0. The van der Waals surface area contributed by atoms with Gasteiger partial charge in [0.05, 0.1) is 0 Å². The molecule has 0 nitrogen and oxygen atoms in total. The van der Waals surface area contributed by atoms with E-state index in [0.717, 1.165) is 24.5 Å².